The molecule has 0 heterocycles. The largest absolute Gasteiger partial charge is 0.464 e. The standard InChI is InChI=1S/C24H32N2O10/c1-29-13-33-19-7-5-17(11-21(19)35-15-31-3)25-23(27)9-10-24(28)26-18-6-8-20(34-14-30-2)22(12-18)36-16-32-4/h5-8,11-12H,9-10,13-16H2,1-4H3,(H,25,27)(H,26,28). The van der Waals surface area contributed by atoms with E-state index in [1.165, 1.54) is 28.4 Å². The van der Waals surface area contributed by atoms with Crippen LogP contribution in [0.1, 0.15) is 12.8 Å². The number of hydrogen-bond acceptors (Lipinski definition) is 10. The minimum absolute atomic E-state index is 0.00137. The van der Waals surface area contributed by atoms with Gasteiger partial charge < -0.3 is 48.5 Å². The molecule has 2 rings (SSSR count). The van der Waals surface area contributed by atoms with Gasteiger partial charge >= 0.3 is 0 Å². The average molecular weight is 509 g/mol. The molecule has 0 bridgehead atoms. The molecule has 2 aromatic carbocycles. The first kappa shape index (κ1) is 28.7. The Kier molecular flexibility index (Phi) is 12.9. The molecule has 2 N–H and O–H groups in total. The summed E-state index contributed by atoms with van der Waals surface area (Å²) in [5, 5.41) is 5.46. The van der Waals surface area contributed by atoms with Crippen molar-refractivity contribution in [1.29, 1.82) is 0 Å². The number of amides is 2. The summed E-state index contributed by atoms with van der Waals surface area (Å²) in [5.74, 6) is 0.905. The van der Waals surface area contributed by atoms with Crippen molar-refractivity contribution in [3.63, 3.8) is 0 Å². The number of carbonyl (C=O) groups excluding carboxylic acids is 2. The predicted octanol–water partition coefficient (Wildman–Crippen LogP) is 2.97. The minimum atomic E-state index is -0.346. The lowest BCUT2D eigenvalue weighted by atomic mass is 10.2. The van der Waals surface area contributed by atoms with Crippen molar-refractivity contribution >= 4 is 23.2 Å². The van der Waals surface area contributed by atoms with E-state index in [1.807, 2.05) is 0 Å². The first-order valence-corrected chi connectivity index (χ1v) is 10.9. The molecule has 0 fully saturated rings. The van der Waals surface area contributed by atoms with Crippen molar-refractivity contribution < 1.29 is 47.5 Å². The Morgan fingerprint density at radius 1 is 0.556 bits per heavy atom. The molecule has 198 valence electrons. The fourth-order valence-electron chi connectivity index (χ4n) is 2.80. The van der Waals surface area contributed by atoms with Gasteiger partial charge in [0.2, 0.25) is 11.8 Å². The van der Waals surface area contributed by atoms with E-state index in [9.17, 15) is 9.59 Å². The van der Waals surface area contributed by atoms with Crippen LogP contribution in [0.3, 0.4) is 0 Å². The second kappa shape index (κ2) is 16.2. The topological polar surface area (TPSA) is 132 Å². The van der Waals surface area contributed by atoms with Crippen LogP contribution in [0.5, 0.6) is 23.0 Å². The van der Waals surface area contributed by atoms with Crippen LogP contribution in [0.2, 0.25) is 0 Å². The summed E-state index contributed by atoms with van der Waals surface area (Å²) in [5.41, 5.74) is 0.950. The monoisotopic (exact) mass is 508 g/mol. The summed E-state index contributed by atoms with van der Waals surface area (Å²) in [6, 6.07) is 9.76. The number of nitrogens with one attached hydrogen (secondary N) is 2. The molecule has 0 aliphatic rings. The van der Waals surface area contributed by atoms with Crippen LogP contribution in [0.4, 0.5) is 11.4 Å². The second-order valence-electron chi connectivity index (χ2n) is 7.12. The van der Waals surface area contributed by atoms with E-state index in [0.717, 1.165) is 0 Å². The molecular formula is C24H32N2O10. The van der Waals surface area contributed by atoms with Crippen molar-refractivity contribution in [3.8, 4) is 23.0 Å². The van der Waals surface area contributed by atoms with Gasteiger partial charge in [-0.2, -0.15) is 0 Å². The van der Waals surface area contributed by atoms with Gasteiger partial charge in [-0.25, -0.2) is 0 Å². The Hall–Kier alpha value is -3.58. The van der Waals surface area contributed by atoms with Crippen LogP contribution < -0.4 is 29.6 Å². The van der Waals surface area contributed by atoms with Gasteiger partial charge in [0.1, 0.15) is 0 Å². The van der Waals surface area contributed by atoms with Crippen LogP contribution in [0, 0.1) is 0 Å². The molecule has 0 saturated heterocycles. The Morgan fingerprint density at radius 3 is 1.22 bits per heavy atom. The summed E-state index contributed by atoms with van der Waals surface area (Å²) >= 11 is 0. The van der Waals surface area contributed by atoms with Gasteiger partial charge in [0, 0.05) is 64.8 Å². The van der Waals surface area contributed by atoms with E-state index in [0.29, 0.717) is 34.4 Å². The van der Waals surface area contributed by atoms with E-state index in [1.54, 1.807) is 36.4 Å². The van der Waals surface area contributed by atoms with Crippen LogP contribution in [-0.2, 0) is 28.5 Å². The Labute approximate surface area is 209 Å². The SMILES string of the molecule is COCOc1ccc(NC(=O)CCC(=O)Nc2ccc(OCOC)c(OCOC)c2)cc1OCOC. The number of methoxy groups -OCH3 is 4. The van der Waals surface area contributed by atoms with E-state index in [2.05, 4.69) is 10.6 Å². The van der Waals surface area contributed by atoms with Crippen molar-refractivity contribution in [1.82, 2.24) is 0 Å². The molecule has 0 aliphatic heterocycles. The number of hydrogen-bond donors (Lipinski definition) is 2. The van der Waals surface area contributed by atoms with Crippen LogP contribution in [-0.4, -0.2) is 67.4 Å². The molecular weight excluding hydrogens is 476 g/mol. The molecule has 0 saturated carbocycles. The van der Waals surface area contributed by atoms with E-state index in [-0.39, 0.29) is 51.8 Å². The fourth-order valence-corrected chi connectivity index (χ4v) is 2.80. The van der Waals surface area contributed by atoms with Gasteiger partial charge in [-0.1, -0.05) is 0 Å². The van der Waals surface area contributed by atoms with Crippen LogP contribution in [0.15, 0.2) is 36.4 Å². The summed E-state index contributed by atoms with van der Waals surface area (Å²) in [6.45, 7) is 0.0668. The summed E-state index contributed by atoms with van der Waals surface area (Å²) in [7, 11) is 5.98. The first-order chi connectivity index (χ1) is 17.5. The number of anilines is 2. The summed E-state index contributed by atoms with van der Waals surface area (Å²) < 4.78 is 41.5. The Morgan fingerprint density at radius 2 is 0.889 bits per heavy atom. The van der Waals surface area contributed by atoms with E-state index >= 15 is 0 Å². The molecule has 0 spiro atoms. The molecule has 0 aromatic heterocycles. The Bertz CT molecular complexity index is 892. The van der Waals surface area contributed by atoms with Gasteiger partial charge in [-0.15, -0.1) is 0 Å². The molecule has 0 aliphatic carbocycles. The Balaban J connectivity index is 1.92. The average Bonchev–Trinajstić information content (AvgIpc) is 2.88. The fraction of sp³-hybridized carbons (Fsp3) is 0.417. The van der Waals surface area contributed by atoms with E-state index in [4.69, 9.17) is 37.9 Å². The highest BCUT2D eigenvalue weighted by Crippen LogP contribution is 2.32. The zero-order valence-electron chi connectivity index (χ0n) is 20.8. The maximum Gasteiger partial charge on any atom is 0.224 e. The van der Waals surface area contributed by atoms with Gasteiger partial charge in [0.05, 0.1) is 0 Å². The van der Waals surface area contributed by atoms with Gasteiger partial charge in [-0.05, 0) is 24.3 Å². The molecule has 2 aromatic rings. The van der Waals surface area contributed by atoms with Crippen LogP contribution in [0.25, 0.3) is 0 Å². The van der Waals surface area contributed by atoms with Crippen LogP contribution >= 0.6 is 0 Å². The zero-order valence-corrected chi connectivity index (χ0v) is 20.8. The number of rotatable bonds is 17. The maximum absolute atomic E-state index is 12.4. The van der Waals surface area contributed by atoms with Gasteiger partial charge in [0.15, 0.2) is 50.2 Å². The minimum Gasteiger partial charge on any atom is -0.464 e. The normalized spacial score (nSPS) is 10.4. The zero-order chi connectivity index (χ0) is 26.2. The quantitative estimate of drug-likeness (QED) is 0.307. The van der Waals surface area contributed by atoms with E-state index < -0.39 is 0 Å². The van der Waals surface area contributed by atoms with Crippen molar-refractivity contribution in [2.45, 2.75) is 12.8 Å². The molecule has 12 heteroatoms. The highest BCUT2D eigenvalue weighted by Gasteiger charge is 2.13. The number of benzene rings is 2. The molecule has 0 unspecified atom stereocenters. The number of carbonyl (C=O) groups is 2. The third-order valence-corrected chi connectivity index (χ3v) is 4.36. The lowest BCUT2D eigenvalue weighted by molar-refractivity contribution is -0.121. The molecule has 36 heavy (non-hydrogen) atoms. The highest BCUT2D eigenvalue weighted by atomic mass is 16.7. The highest BCUT2D eigenvalue weighted by molar-refractivity contribution is 5.97. The van der Waals surface area contributed by atoms with Gasteiger partial charge in [-0.3, -0.25) is 9.59 Å². The van der Waals surface area contributed by atoms with Crippen molar-refractivity contribution in [2.24, 2.45) is 0 Å². The maximum atomic E-state index is 12.4. The summed E-state index contributed by atoms with van der Waals surface area (Å²) in [6.07, 6.45) is -0.0752. The lowest BCUT2D eigenvalue weighted by Gasteiger charge is -2.14. The molecule has 12 nitrogen and oxygen atoms in total. The third kappa shape index (κ3) is 9.96. The molecule has 0 radical (unpaired) electrons. The van der Waals surface area contributed by atoms with Gasteiger partial charge in [0.25, 0.3) is 0 Å². The number of ether oxygens (including phenoxy) is 8. The van der Waals surface area contributed by atoms with Crippen molar-refractivity contribution in [2.75, 3.05) is 66.2 Å². The summed E-state index contributed by atoms with van der Waals surface area (Å²) in [4.78, 5) is 24.8. The van der Waals surface area contributed by atoms with Crippen molar-refractivity contribution in [3.05, 3.63) is 36.4 Å². The molecule has 0 atom stereocenters. The molecule has 2 amide bonds. The second-order valence-corrected chi connectivity index (χ2v) is 7.12. The third-order valence-electron chi connectivity index (χ3n) is 4.36. The predicted molar refractivity (Wildman–Crippen MR) is 129 cm³/mol. The smallest absolute Gasteiger partial charge is 0.224 e. The lowest BCUT2D eigenvalue weighted by Crippen LogP contribution is -2.17. The first-order valence-electron chi connectivity index (χ1n) is 10.9.